The van der Waals surface area contributed by atoms with Gasteiger partial charge in [0.2, 0.25) is 10.0 Å². The van der Waals surface area contributed by atoms with E-state index < -0.39 is 22.1 Å². The first-order valence-corrected chi connectivity index (χ1v) is 11.5. The molecule has 1 atom stereocenters. The Bertz CT molecular complexity index is 1040. The van der Waals surface area contributed by atoms with Crippen molar-refractivity contribution in [2.45, 2.75) is 37.2 Å². The van der Waals surface area contributed by atoms with E-state index >= 15 is 0 Å². The topological polar surface area (TPSA) is 92.8 Å². The lowest BCUT2D eigenvalue weighted by atomic mass is 10.0. The molecule has 0 spiro atoms. The first-order chi connectivity index (χ1) is 14.3. The predicted molar refractivity (Wildman–Crippen MR) is 114 cm³/mol. The van der Waals surface area contributed by atoms with Crippen LogP contribution in [0.3, 0.4) is 0 Å². The Morgan fingerprint density at radius 1 is 1.20 bits per heavy atom. The number of sulfonamides is 1. The van der Waals surface area contributed by atoms with Crippen LogP contribution >= 0.6 is 11.6 Å². The quantitative estimate of drug-likeness (QED) is 0.655. The van der Waals surface area contributed by atoms with Gasteiger partial charge in [-0.25, -0.2) is 13.1 Å². The van der Waals surface area contributed by atoms with Crippen LogP contribution < -0.4 is 9.62 Å². The van der Waals surface area contributed by atoms with E-state index in [4.69, 9.17) is 16.3 Å². The number of anilines is 1. The van der Waals surface area contributed by atoms with E-state index in [1.807, 2.05) is 24.3 Å². The van der Waals surface area contributed by atoms with Gasteiger partial charge in [-0.1, -0.05) is 35.9 Å². The summed E-state index contributed by atoms with van der Waals surface area (Å²) in [6.07, 6.45) is 0.581. The molecule has 0 aliphatic carbocycles. The van der Waals surface area contributed by atoms with E-state index in [1.54, 1.807) is 11.0 Å². The van der Waals surface area contributed by atoms with Crippen LogP contribution in [-0.4, -0.2) is 39.5 Å². The molecule has 0 fully saturated rings. The number of fused-ring (bicyclic) bond motifs is 1. The number of nitrogens with zero attached hydrogens (tertiary/aromatic N) is 1. The predicted octanol–water partition coefficient (Wildman–Crippen LogP) is 2.92. The summed E-state index contributed by atoms with van der Waals surface area (Å²) in [6, 6.07) is 13.5. The monoisotopic (exact) mass is 450 g/mol. The molecule has 2 aromatic rings. The molecule has 1 amide bonds. The Balaban J connectivity index is 1.52. The molecule has 1 unspecified atom stereocenters. The van der Waals surface area contributed by atoms with Gasteiger partial charge in [0.05, 0.1) is 11.3 Å². The van der Waals surface area contributed by atoms with Crippen LogP contribution in [0.5, 0.6) is 0 Å². The number of nitrogens with one attached hydrogen (secondary N) is 1. The van der Waals surface area contributed by atoms with Crippen LogP contribution in [-0.2, 0) is 30.8 Å². The number of ether oxygens (including phenoxy) is 1. The maximum Gasteiger partial charge on any atom is 0.307 e. The molecule has 0 aromatic heterocycles. The summed E-state index contributed by atoms with van der Waals surface area (Å²) in [7, 11) is -3.79. The van der Waals surface area contributed by atoms with Gasteiger partial charge in [0.15, 0.2) is 6.10 Å². The molecule has 0 radical (unpaired) electrons. The molecular weight excluding hydrogens is 428 g/mol. The zero-order valence-electron chi connectivity index (χ0n) is 16.5. The first kappa shape index (κ1) is 22.3. The molecule has 3 rings (SSSR count). The highest BCUT2D eigenvalue weighted by Crippen LogP contribution is 2.27. The first-order valence-electron chi connectivity index (χ1n) is 9.62. The molecule has 1 aliphatic heterocycles. The number of halogens is 1. The highest BCUT2D eigenvalue weighted by Gasteiger charge is 2.28. The number of hydrogen-bond donors (Lipinski definition) is 1. The molecule has 0 bridgehead atoms. The van der Waals surface area contributed by atoms with Gasteiger partial charge < -0.3 is 9.64 Å². The molecule has 160 valence electrons. The van der Waals surface area contributed by atoms with E-state index in [2.05, 4.69) is 4.72 Å². The van der Waals surface area contributed by atoms with E-state index in [-0.39, 0.29) is 23.8 Å². The fraction of sp³-hybridized carbons (Fsp3) is 0.333. The van der Waals surface area contributed by atoms with Crippen LogP contribution in [0, 0.1) is 0 Å². The average molecular weight is 451 g/mol. The average Bonchev–Trinajstić information content (AvgIpc) is 2.72. The second-order valence-electron chi connectivity index (χ2n) is 6.96. The van der Waals surface area contributed by atoms with E-state index in [9.17, 15) is 18.0 Å². The number of esters is 1. The van der Waals surface area contributed by atoms with Gasteiger partial charge >= 0.3 is 5.97 Å². The van der Waals surface area contributed by atoms with E-state index in [1.165, 1.54) is 25.1 Å². The molecule has 9 heteroatoms. The Morgan fingerprint density at radius 2 is 1.97 bits per heavy atom. The van der Waals surface area contributed by atoms with Crippen molar-refractivity contribution in [3.8, 4) is 0 Å². The Hall–Kier alpha value is -2.42. The van der Waals surface area contributed by atoms with Crippen molar-refractivity contribution < 1.29 is 22.7 Å². The summed E-state index contributed by atoms with van der Waals surface area (Å²) >= 11 is 5.82. The maximum absolute atomic E-state index is 12.8. The van der Waals surface area contributed by atoms with Crippen molar-refractivity contribution in [3.63, 3.8) is 0 Å². The number of hydrogen-bond acceptors (Lipinski definition) is 5. The molecule has 1 N–H and O–H groups in total. The summed E-state index contributed by atoms with van der Waals surface area (Å²) in [5, 5.41) is 0.295. The third-order valence-electron chi connectivity index (χ3n) is 4.76. The minimum atomic E-state index is -3.79. The number of rotatable bonds is 7. The molecule has 7 nitrogen and oxygen atoms in total. The van der Waals surface area contributed by atoms with Gasteiger partial charge in [0.25, 0.3) is 5.91 Å². The van der Waals surface area contributed by atoms with Crippen LogP contribution in [0.4, 0.5) is 5.69 Å². The molecule has 1 aliphatic rings. The highest BCUT2D eigenvalue weighted by atomic mass is 35.5. The van der Waals surface area contributed by atoms with Gasteiger partial charge in [0.1, 0.15) is 0 Å². The van der Waals surface area contributed by atoms with Crippen molar-refractivity contribution in [3.05, 3.63) is 59.1 Å². The second kappa shape index (κ2) is 9.59. The third-order valence-corrected chi connectivity index (χ3v) is 6.45. The van der Waals surface area contributed by atoms with Crippen LogP contribution in [0.1, 0.15) is 25.3 Å². The number of benzene rings is 2. The Morgan fingerprint density at radius 3 is 2.73 bits per heavy atom. The van der Waals surface area contributed by atoms with Gasteiger partial charge in [-0.3, -0.25) is 9.59 Å². The zero-order chi connectivity index (χ0) is 21.7. The number of amides is 1. The second-order valence-corrected chi connectivity index (χ2v) is 9.16. The van der Waals surface area contributed by atoms with Crippen LogP contribution in [0.15, 0.2) is 53.4 Å². The lowest BCUT2D eigenvalue weighted by Gasteiger charge is -2.31. The van der Waals surface area contributed by atoms with Gasteiger partial charge in [-0.05, 0) is 49.6 Å². The van der Waals surface area contributed by atoms with Gasteiger partial charge in [-0.2, -0.15) is 0 Å². The minimum absolute atomic E-state index is 0.00989. The summed E-state index contributed by atoms with van der Waals surface area (Å²) in [6.45, 7) is 1.94. The smallest absolute Gasteiger partial charge is 0.307 e. The van der Waals surface area contributed by atoms with Gasteiger partial charge in [0, 0.05) is 23.8 Å². The largest absolute Gasteiger partial charge is 0.452 e. The Labute approximate surface area is 181 Å². The zero-order valence-corrected chi connectivity index (χ0v) is 18.1. The number of carbonyl (C=O) groups excluding carboxylic acids is 2. The minimum Gasteiger partial charge on any atom is -0.452 e. The third kappa shape index (κ3) is 5.38. The fourth-order valence-electron chi connectivity index (χ4n) is 3.29. The molecule has 1 heterocycles. The lowest BCUT2D eigenvalue weighted by Crippen LogP contribution is -2.43. The molecule has 0 saturated heterocycles. The summed E-state index contributed by atoms with van der Waals surface area (Å²) in [5.74, 6) is -0.954. The molecule has 2 aromatic carbocycles. The molecule has 30 heavy (non-hydrogen) atoms. The van der Waals surface area contributed by atoms with Crippen LogP contribution in [0.2, 0.25) is 5.02 Å². The van der Waals surface area contributed by atoms with E-state index in [0.717, 1.165) is 24.1 Å². The number of aryl methyl sites for hydroxylation is 1. The maximum atomic E-state index is 12.8. The van der Waals surface area contributed by atoms with Crippen molar-refractivity contribution in [2.75, 3.05) is 18.0 Å². The van der Waals surface area contributed by atoms with Gasteiger partial charge in [-0.15, -0.1) is 0 Å². The number of para-hydroxylation sites is 1. The van der Waals surface area contributed by atoms with Crippen LogP contribution in [0.25, 0.3) is 0 Å². The van der Waals surface area contributed by atoms with Crippen molar-refractivity contribution in [2.24, 2.45) is 0 Å². The summed E-state index contributed by atoms with van der Waals surface area (Å²) in [5.41, 5.74) is 1.93. The molecule has 0 saturated carbocycles. The summed E-state index contributed by atoms with van der Waals surface area (Å²) < 4.78 is 32.0. The highest BCUT2D eigenvalue weighted by molar-refractivity contribution is 7.89. The fourth-order valence-corrected chi connectivity index (χ4v) is 4.63. The van der Waals surface area contributed by atoms with Crippen molar-refractivity contribution >= 4 is 39.2 Å². The normalized spacial score (nSPS) is 14.7. The number of carbonyl (C=O) groups is 2. The SMILES string of the molecule is CC(OC(=O)CCNS(=O)(=O)c1cccc(Cl)c1)C(=O)N1CCCc2ccccc21. The summed E-state index contributed by atoms with van der Waals surface area (Å²) in [4.78, 5) is 26.5. The van der Waals surface area contributed by atoms with E-state index in [0.29, 0.717) is 11.6 Å². The standard InChI is InChI=1S/C21H23ClN2O5S/c1-15(21(26)24-13-5-7-16-6-2-3-10-19(16)24)29-20(25)11-12-23-30(27,28)18-9-4-8-17(22)14-18/h2-4,6,8-10,14-15,23H,5,7,11-13H2,1H3. The Kier molecular flexibility index (Phi) is 7.12. The van der Waals surface area contributed by atoms with Crippen molar-refractivity contribution in [1.82, 2.24) is 4.72 Å². The van der Waals surface area contributed by atoms with Crippen molar-refractivity contribution in [1.29, 1.82) is 0 Å². The molecular formula is C21H23ClN2O5S. The lowest BCUT2D eigenvalue weighted by molar-refractivity contribution is -0.153.